The average Bonchev–Trinajstić information content (AvgIpc) is 2.24. The van der Waals surface area contributed by atoms with Gasteiger partial charge in [0, 0.05) is 27.2 Å². The summed E-state index contributed by atoms with van der Waals surface area (Å²) >= 11 is 0. The van der Waals surface area contributed by atoms with Crippen molar-refractivity contribution in [2.24, 2.45) is 0 Å². The Morgan fingerprint density at radius 1 is 1.31 bits per heavy atom. The van der Waals surface area contributed by atoms with Crippen LogP contribution in [0.1, 0.15) is 13.3 Å². The number of nitrogens with one attached hydrogen (secondary N) is 2. The number of methoxy groups -OCH3 is 1. The fourth-order valence-electron chi connectivity index (χ4n) is 1.11. The molecule has 0 heterocycles. The van der Waals surface area contributed by atoms with Crippen LogP contribution >= 0.6 is 0 Å². The van der Waals surface area contributed by atoms with Gasteiger partial charge in [-0.3, -0.25) is 0 Å². The van der Waals surface area contributed by atoms with Gasteiger partial charge in [0.2, 0.25) is 0 Å². The summed E-state index contributed by atoms with van der Waals surface area (Å²) in [7, 11) is -0.237. The summed E-state index contributed by atoms with van der Waals surface area (Å²) in [5.41, 5.74) is 0. The van der Waals surface area contributed by atoms with Crippen LogP contribution in [-0.4, -0.2) is 59.7 Å². The van der Waals surface area contributed by atoms with Gasteiger partial charge in [-0.05, 0) is 19.5 Å². The number of rotatable bonds is 10. The fraction of sp³-hybridized carbons (Fsp3) is 1.00. The highest BCUT2D eigenvalue weighted by molar-refractivity contribution is 7.87. The first-order valence-corrected chi connectivity index (χ1v) is 6.89. The predicted octanol–water partition coefficient (Wildman–Crippen LogP) is -0.601. The maximum absolute atomic E-state index is 11.6. The molecule has 0 aliphatic heterocycles. The van der Waals surface area contributed by atoms with Crippen molar-refractivity contribution in [3.05, 3.63) is 0 Å². The van der Waals surface area contributed by atoms with Gasteiger partial charge in [0.05, 0.1) is 6.61 Å². The van der Waals surface area contributed by atoms with Gasteiger partial charge in [0.15, 0.2) is 0 Å². The molecule has 6 nitrogen and oxygen atoms in total. The Labute approximate surface area is 98.5 Å². The largest absolute Gasteiger partial charge is 0.383 e. The molecule has 98 valence electrons. The maximum atomic E-state index is 11.6. The summed E-state index contributed by atoms with van der Waals surface area (Å²) in [5, 5.41) is 3.15. The third-order valence-electron chi connectivity index (χ3n) is 2.08. The zero-order valence-electron chi connectivity index (χ0n) is 10.3. The Hall–Kier alpha value is -0.210. The number of hydrogen-bond donors (Lipinski definition) is 2. The summed E-state index contributed by atoms with van der Waals surface area (Å²) in [6.45, 7) is 4.94. The summed E-state index contributed by atoms with van der Waals surface area (Å²) in [4.78, 5) is 0. The first-order chi connectivity index (χ1) is 7.54. The minimum absolute atomic E-state index is 0.302. The second-order valence-corrected chi connectivity index (χ2v) is 5.28. The Kier molecular flexibility index (Phi) is 8.77. The molecule has 0 aromatic heterocycles. The third-order valence-corrected chi connectivity index (χ3v) is 3.65. The minimum Gasteiger partial charge on any atom is -0.383 e. The highest BCUT2D eigenvalue weighted by Gasteiger charge is 2.15. The molecule has 0 aromatic carbocycles. The van der Waals surface area contributed by atoms with Crippen LogP contribution in [0.15, 0.2) is 0 Å². The van der Waals surface area contributed by atoms with Crippen molar-refractivity contribution in [1.82, 2.24) is 14.3 Å². The van der Waals surface area contributed by atoms with Crippen LogP contribution in [0.5, 0.6) is 0 Å². The zero-order chi connectivity index (χ0) is 12.4. The second kappa shape index (κ2) is 8.89. The van der Waals surface area contributed by atoms with E-state index in [1.54, 1.807) is 7.05 Å². The Morgan fingerprint density at radius 3 is 2.56 bits per heavy atom. The molecule has 0 fully saturated rings. The lowest BCUT2D eigenvalue weighted by molar-refractivity contribution is 0.204. The van der Waals surface area contributed by atoms with Gasteiger partial charge in [0.1, 0.15) is 0 Å². The molecule has 0 radical (unpaired) electrons. The molecule has 0 saturated carbocycles. The van der Waals surface area contributed by atoms with Gasteiger partial charge >= 0.3 is 0 Å². The van der Waals surface area contributed by atoms with Crippen LogP contribution in [0.25, 0.3) is 0 Å². The van der Waals surface area contributed by atoms with E-state index in [2.05, 4.69) is 10.0 Å². The van der Waals surface area contributed by atoms with Crippen LogP contribution in [0.4, 0.5) is 0 Å². The van der Waals surface area contributed by atoms with Crippen molar-refractivity contribution in [1.29, 1.82) is 0 Å². The van der Waals surface area contributed by atoms with Gasteiger partial charge in [-0.2, -0.15) is 17.4 Å². The van der Waals surface area contributed by atoms with Crippen LogP contribution in [-0.2, 0) is 14.9 Å². The highest BCUT2D eigenvalue weighted by Crippen LogP contribution is 1.94. The topological polar surface area (TPSA) is 70.7 Å². The van der Waals surface area contributed by atoms with E-state index in [1.807, 2.05) is 6.92 Å². The lowest BCUT2D eigenvalue weighted by Crippen LogP contribution is -2.40. The Morgan fingerprint density at radius 2 is 2.00 bits per heavy atom. The van der Waals surface area contributed by atoms with E-state index in [0.29, 0.717) is 19.7 Å². The summed E-state index contributed by atoms with van der Waals surface area (Å²) in [6.07, 6.45) is 0.801. The van der Waals surface area contributed by atoms with Crippen LogP contribution < -0.4 is 10.0 Å². The summed E-state index contributed by atoms with van der Waals surface area (Å²) in [6, 6.07) is 0. The second-order valence-electron chi connectivity index (χ2n) is 3.42. The van der Waals surface area contributed by atoms with Crippen molar-refractivity contribution >= 4 is 10.2 Å². The average molecular weight is 253 g/mol. The first-order valence-electron chi connectivity index (χ1n) is 5.45. The van der Waals surface area contributed by atoms with E-state index in [1.165, 1.54) is 11.4 Å². The molecule has 0 saturated heterocycles. The van der Waals surface area contributed by atoms with Crippen molar-refractivity contribution in [2.45, 2.75) is 13.3 Å². The molecule has 0 atom stereocenters. The molecule has 0 aromatic rings. The maximum Gasteiger partial charge on any atom is 0.279 e. The SMILES string of the molecule is CCNCCCN(C)S(=O)(=O)NCCOC. The first kappa shape index (κ1) is 15.8. The smallest absolute Gasteiger partial charge is 0.279 e. The molecule has 0 rings (SSSR count). The van der Waals surface area contributed by atoms with Crippen molar-refractivity contribution in [3.8, 4) is 0 Å². The fourth-order valence-corrected chi connectivity index (χ4v) is 2.04. The molecule has 7 heteroatoms. The Balaban J connectivity index is 3.81. The van der Waals surface area contributed by atoms with Crippen LogP contribution in [0.2, 0.25) is 0 Å². The molecular weight excluding hydrogens is 230 g/mol. The monoisotopic (exact) mass is 253 g/mol. The highest BCUT2D eigenvalue weighted by atomic mass is 32.2. The molecule has 0 spiro atoms. The number of hydrogen-bond acceptors (Lipinski definition) is 4. The molecule has 0 unspecified atom stereocenters. The van der Waals surface area contributed by atoms with E-state index < -0.39 is 10.2 Å². The summed E-state index contributed by atoms with van der Waals surface area (Å²) in [5.74, 6) is 0. The van der Waals surface area contributed by atoms with E-state index in [9.17, 15) is 8.42 Å². The molecule has 0 amide bonds. The molecular formula is C9H23N3O3S. The molecule has 0 aliphatic rings. The Bertz CT molecular complexity index is 257. The van der Waals surface area contributed by atoms with Crippen molar-refractivity contribution in [3.63, 3.8) is 0 Å². The van der Waals surface area contributed by atoms with Gasteiger partial charge in [0.25, 0.3) is 10.2 Å². The van der Waals surface area contributed by atoms with E-state index >= 15 is 0 Å². The lowest BCUT2D eigenvalue weighted by atomic mass is 10.4. The minimum atomic E-state index is -3.34. The predicted molar refractivity (Wildman–Crippen MR) is 64.6 cm³/mol. The van der Waals surface area contributed by atoms with E-state index in [4.69, 9.17) is 4.74 Å². The van der Waals surface area contributed by atoms with Crippen LogP contribution in [0.3, 0.4) is 0 Å². The quantitative estimate of drug-likeness (QED) is 0.510. The van der Waals surface area contributed by atoms with Gasteiger partial charge in [-0.25, -0.2) is 0 Å². The third kappa shape index (κ3) is 7.13. The molecule has 0 bridgehead atoms. The standard InChI is InChI=1S/C9H23N3O3S/c1-4-10-6-5-8-12(2)16(13,14)11-7-9-15-3/h10-11H,4-9H2,1-3H3. The lowest BCUT2D eigenvalue weighted by Gasteiger charge is -2.17. The number of ether oxygens (including phenoxy) is 1. The zero-order valence-corrected chi connectivity index (χ0v) is 11.1. The summed E-state index contributed by atoms with van der Waals surface area (Å²) < 4.78 is 31.8. The van der Waals surface area contributed by atoms with Crippen LogP contribution in [0, 0.1) is 0 Å². The van der Waals surface area contributed by atoms with Crippen molar-refractivity contribution < 1.29 is 13.2 Å². The van der Waals surface area contributed by atoms with E-state index in [0.717, 1.165) is 19.5 Å². The van der Waals surface area contributed by atoms with Gasteiger partial charge in [-0.15, -0.1) is 0 Å². The molecule has 0 aliphatic carbocycles. The van der Waals surface area contributed by atoms with Gasteiger partial charge < -0.3 is 10.1 Å². The normalized spacial score (nSPS) is 12.2. The number of nitrogens with zero attached hydrogens (tertiary/aromatic N) is 1. The molecule has 2 N–H and O–H groups in total. The molecule has 16 heavy (non-hydrogen) atoms. The van der Waals surface area contributed by atoms with Crippen molar-refractivity contribution in [2.75, 3.05) is 46.9 Å². The van der Waals surface area contributed by atoms with E-state index in [-0.39, 0.29) is 0 Å². The van der Waals surface area contributed by atoms with Gasteiger partial charge in [-0.1, -0.05) is 6.92 Å².